The van der Waals surface area contributed by atoms with E-state index in [2.05, 4.69) is 31.9 Å². The van der Waals surface area contributed by atoms with Crippen molar-refractivity contribution in [2.75, 3.05) is 0 Å². The first-order chi connectivity index (χ1) is 8.47. The highest BCUT2D eigenvalue weighted by Crippen LogP contribution is 2.32. The standard InChI is InChI=1S/C12H6Br2ClFOS/c13-11-5-8(12(14)18-11)10(17)4-6-3-7(15)1-2-9(6)16/h1-3,5H,4H2. The van der Waals surface area contributed by atoms with E-state index in [0.29, 0.717) is 16.1 Å². The molecule has 0 radical (unpaired) electrons. The molecule has 0 fully saturated rings. The largest absolute Gasteiger partial charge is 0.294 e. The van der Waals surface area contributed by atoms with Gasteiger partial charge in [-0.05, 0) is 61.7 Å². The molecule has 0 aliphatic rings. The zero-order valence-corrected chi connectivity index (χ0v) is 13.6. The van der Waals surface area contributed by atoms with Crippen LogP contribution in [0.5, 0.6) is 0 Å². The average molecular weight is 413 g/mol. The fourth-order valence-corrected chi connectivity index (χ4v) is 4.53. The maximum absolute atomic E-state index is 13.5. The molecule has 0 saturated heterocycles. The Hall–Kier alpha value is -0.230. The summed E-state index contributed by atoms with van der Waals surface area (Å²) in [5.41, 5.74) is 0.855. The van der Waals surface area contributed by atoms with E-state index in [-0.39, 0.29) is 12.2 Å². The summed E-state index contributed by atoms with van der Waals surface area (Å²) in [5, 5.41) is 0.421. The van der Waals surface area contributed by atoms with Gasteiger partial charge in [0, 0.05) is 17.0 Å². The molecular weight excluding hydrogens is 406 g/mol. The van der Waals surface area contributed by atoms with Crippen molar-refractivity contribution >= 4 is 60.6 Å². The quantitative estimate of drug-likeness (QED) is 0.609. The maximum atomic E-state index is 13.5. The zero-order valence-electron chi connectivity index (χ0n) is 8.84. The van der Waals surface area contributed by atoms with Crippen LogP contribution in [0.1, 0.15) is 15.9 Å². The summed E-state index contributed by atoms with van der Waals surface area (Å²) in [6.45, 7) is 0. The Morgan fingerprint density at radius 1 is 1.33 bits per heavy atom. The molecule has 94 valence electrons. The van der Waals surface area contributed by atoms with Crippen LogP contribution in [0.25, 0.3) is 0 Å². The van der Waals surface area contributed by atoms with Crippen molar-refractivity contribution in [3.05, 3.63) is 53.8 Å². The molecule has 0 amide bonds. The minimum absolute atomic E-state index is 0.00579. The Kier molecular flexibility index (Phi) is 4.59. The Morgan fingerprint density at radius 3 is 2.67 bits per heavy atom. The summed E-state index contributed by atoms with van der Waals surface area (Å²) in [6.07, 6.45) is -0.00579. The van der Waals surface area contributed by atoms with Gasteiger partial charge >= 0.3 is 0 Å². The number of Topliss-reactive ketones (excluding diaryl/α,β-unsaturated/α-hetero) is 1. The molecule has 0 aliphatic heterocycles. The van der Waals surface area contributed by atoms with Gasteiger partial charge in [0.15, 0.2) is 5.78 Å². The topological polar surface area (TPSA) is 17.1 Å². The third-order valence-electron chi connectivity index (χ3n) is 2.32. The Bertz CT molecular complexity index is 612. The molecular formula is C12H6Br2ClFOS. The molecule has 2 aromatic rings. The molecule has 0 saturated carbocycles. The number of carbonyl (C=O) groups excluding carboxylic acids is 1. The van der Waals surface area contributed by atoms with Gasteiger partial charge in [-0.1, -0.05) is 11.6 Å². The summed E-state index contributed by atoms with van der Waals surface area (Å²) < 4.78 is 15.1. The van der Waals surface area contributed by atoms with Gasteiger partial charge in [0.05, 0.1) is 7.57 Å². The number of hydrogen-bond acceptors (Lipinski definition) is 2. The first-order valence-corrected chi connectivity index (χ1v) is 7.67. The molecule has 2 rings (SSSR count). The summed E-state index contributed by atoms with van der Waals surface area (Å²) in [7, 11) is 0. The highest BCUT2D eigenvalue weighted by molar-refractivity contribution is 9.12. The van der Waals surface area contributed by atoms with Crippen molar-refractivity contribution in [2.24, 2.45) is 0 Å². The lowest BCUT2D eigenvalue weighted by molar-refractivity contribution is 0.0991. The fourth-order valence-electron chi connectivity index (χ4n) is 1.48. The first kappa shape index (κ1) is 14.2. The number of hydrogen-bond donors (Lipinski definition) is 0. The molecule has 1 aromatic carbocycles. The van der Waals surface area contributed by atoms with Crippen molar-refractivity contribution in [1.82, 2.24) is 0 Å². The normalized spacial score (nSPS) is 10.7. The second-order valence-corrected chi connectivity index (χ2v) is 7.76. The second kappa shape index (κ2) is 5.82. The van der Waals surface area contributed by atoms with Crippen molar-refractivity contribution in [2.45, 2.75) is 6.42 Å². The van der Waals surface area contributed by atoms with Crippen LogP contribution in [-0.4, -0.2) is 5.78 Å². The number of thiophene rings is 1. The van der Waals surface area contributed by atoms with Crippen LogP contribution in [0, 0.1) is 5.82 Å². The molecule has 0 aliphatic carbocycles. The van der Waals surface area contributed by atoms with Gasteiger partial charge in [0.1, 0.15) is 5.82 Å². The number of benzene rings is 1. The molecule has 0 N–H and O–H groups in total. The van der Waals surface area contributed by atoms with E-state index in [1.54, 1.807) is 6.07 Å². The van der Waals surface area contributed by atoms with Crippen LogP contribution in [0.15, 0.2) is 31.8 Å². The van der Waals surface area contributed by atoms with E-state index in [1.165, 1.54) is 29.5 Å². The highest BCUT2D eigenvalue weighted by Gasteiger charge is 2.16. The van der Waals surface area contributed by atoms with E-state index in [4.69, 9.17) is 11.6 Å². The molecule has 0 unspecified atom stereocenters. The monoisotopic (exact) mass is 410 g/mol. The molecule has 0 spiro atoms. The van der Waals surface area contributed by atoms with Gasteiger partial charge in [-0.3, -0.25) is 4.79 Å². The molecule has 1 aromatic heterocycles. The van der Waals surface area contributed by atoms with Crippen LogP contribution in [-0.2, 0) is 6.42 Å². The van der Waals surface area contributed by atoms with Crippen LogP contribution in [0.2, 0.25) is 5.02 Å². The smallest absolute Gasteiger partial charge is 0.169 e. The van der Waals surface area contributed by atoms with Gasteiger partial charge in [-0.15, -0.1) is 11.3 Å². The molecule has 6 heteroatoms. The zero-order chi connectivity index (χ0) is 13.3. The van der Waals surface area contributed by atoms with Gasteiger partial charge in [0.25, 0.3) is 0 Å². The SMILES string of the molecule is O=C(Cc1cc(Cl)ccc1F)c1cc(Br)sc1Br. The number of ketones is 1. The summed E-state index contributed by atoms with van der Waals surface area (Å²) in [4.78, 5) is 12.1. The summed E-state index contributed by atoms with van der Waals surface area (Å²) >= 11 is 13.8. The van der Waals surface area contributed by atoms with Crippen molar-refractivity contribution < 1.29 is 9.18 Å². The van der Waals surface area contributed by atoms with E-state index in [9.17, 15) is 9.18 Å². The minimum Gasteiger partial charge on any atom is -0.294 e. The predicted octanol–water partition coefficient (Wildman–Crippen LogP) is 5.49. The Morgan fingerprint density at radius 2 is 2.06 bits per heavy atom. The van der Waals surface area contributed by atoms with Crippen molar-refractivity contribution in [3.63, 3.8) is 0 Å². The highest BCUT2D eigenvalue weighted by atomic mass is 79.9. The van der Waals surface area contributed by atoms with E-state index < -0.39 is 5.82 Å². The lowest BCUT2D eigenvalue weighted by atomic mass is 10.1. The summed E-state index contributed by atoms with van der Waals surface area (Å²) in [6, 6.07) is 5.93. The third kappa shape index (κ3) is 3.20. The van der Waals surface area contributed by atoms with E-state index >= 15 is 0 Å². The lowest BCUT2D eigenvalue weighted by Crippen LogP contribution is -2.04. The maximum Gasteiger partial charge on any atom is 0.169 e. The Labute approximate surface area is 129 Å². The van der Waals surface area contributed by atoms with Crippen LogP contribution >= 0.6 is 54.8 Å². The van der Waals surface area contributed by atoms with Gasteiger partial charge in [-0.25, -0.2) is 4.39 Å². The van der Waals surface area contributed by atoms with Crippen LogP contribution in [0.4, 0.5) is 4.39 Å². The molecule has 0 bridgehead atoms. The van der Waals surface area contributed by atoms with E-state index in [1.807, 2.05) is 0 Å². The van der Waals surface area contributed by atoms with Crippen LogP contribution in [0.3, 0.4) is 0 Å². The molecule has 18 heavy (non-hydrogen) atoms. The first-order valence-electron chi connectivity index (χ1n) is 4.89. The van der Waals surface area contributed by atoms with Crippen molar-refractivity contribution in [3.8, 4) is 0 Å². The number of rotatable bonds is 3. The van der Waals surface area contributed by atoms with Gasteiger partial charge < -0.3 is 0 Å². The fraction of sp³-hybridized carbons (Fsp3) is 0.0833. The van der Waals surface area contributed by atoms with Crippen LogP contribution < -0.4 is 0 Å². The molecule has 1 heterocycles. The summed E-state index contributed by atoms with van der Waals surface area (Å²) in [5.74, 6) is -0.567. The van der Waals surface area contributed by atoms with Gasteiger partial charge in [0.2, 0.25) is 0 Å². The van der Waals surface area contributed by atoms with E-state index in [0.717, 1.165) is 7.57 Å². The average Bonchev–Trinajstić information content (AvgIpc) is 2.63. The predicted molar refractivity (Wildman–Crippen MR) is 79.2 cm³/mol. The minimum atomic E-state index is -0.418. The second-order valence-electron chi connectivity index (χ2n) is 3.57. The van der Waals surface area contributed by atoms with Crippen molar-refractivity contribution in [1.29, 1.82) is 0 Å². The Balaban J connectivity index is 2.26. The number of halogens is 4. The third-order valence-corrected chi connectivity index (χ3v) is 4.89. The molecule has 0 atom stereocenters. The molecule has 1 nitrogen and oxygen atoms in total. The van der Waals surface area contributed by atoms with Gasteiger partial charge in [-0.2, -0.15) is 0 Å². The lowest BCUT2D eigenvalue weighted by Gasteiger charge is -2.03. The number of carbonyl (C=O) groups is 1.